The van der Waals surface area contributed by atoms with Gasteiger partial charge in [0, 0.05) is 11.8 Å². The number of rotatable bonds is 4. The van der Waals surface area contributed by atoms with Crippen LogP contribution in [-0.2, 0) is 4.79 Å². The summed E-state index contributed by atoms with van der Waals surface area (Å²) in [7, 11) is 4.23. The third-order valence-corrected chi connectivity index (χ3v) is 10.7. The lowest BCUT2D eigenvalue weighted by atomic mass is 9.46. The summed E-state index contributed by atoms with van der Waals surface area (Å²) in [5.74, 6) is 2.62. The molecule has 4 fully saturated rings. The van der Waals surface area contributed by atoms with E-state index in [4.69, 9.17) is 4.74 Å². The molecule has 5 rings (SSSR count). The van der Waals surface area contributed by atoms with Gasteiger partial charge in [-0.25, -0.2) is 4.79 Å². The van der Waals surface area contributed by atoms with Gasteiger partial charge >= 0.3 is 12.1 Å². The summed E-state index contributed by atoms with van der Waals surface area (Å²) in [6.45, 7) is 4.77. The van der Waals surface area contributed by atoms with Crippen molar-refractivity contribution in [2.75, 3.05) is 14.1 Å². The van der Waals surface area contributed by atoms with Crippen LogP contribution in [0.4, 0.5) is 0 Å². The van der Waals surface area contributed by atoms with Crippen molar-refractivity contribution in [2.24, 2.45) is 34.5 Å². The van der Waals surface area contributed by atoms with E-state index in [1.54, 1.807) is 0 Å². The Kier molecular flexibility index (Phi) is 5.39. The number of hydrogen-bond acceptors (Lipinski definition) is 4. The van der Waals surface area contributed by atoms with Crippen molar-refractivity contribution >= 4 is 5.91 Å². The second kappa shape index (κ2) is 7.79. The molecule has 33 heavy (non-hydrogen) atoms. The first-order valence-corrected chi connectivity index (χ1v) is 12.8. The highest BCUT2D eigenvalue weighted by Crippen LogP contribution is 2.67. The summed E-state index contributed by atoms with van der Waals surface area (Å²) < 4.78 is 6.54. The highest BCUT2D eigenvalue weighted by Gasteiger charge is 2.66. The van der Waals surface area contributed by atoms with E-state index in [1.165, 1.54) is 0 Å². The van der Waals surface area contributed by atoms with Gasteiger partial charge in [0.2, 0.25) is 0 Å². The first kappa shape index (κ1) is 22.8. The number of amides is 1. The van der Waals surface area contributed by atoms with Crippen molar-refractivity contribution in [1.29, 1.82) is 0 Å². The van der Waals surface area contributed by atoms with Crippen molar-refractivity contribution in [3.05, 3.63) is 40.4 Å². The van der Waals surface area contributed by atoms with Gasteiger partial charge in [0.25, 0.3) is 0 Å². The minimum absolute atomic E-state index is 0.0637. The fourth-order valence-electron chi connectivity index (χ4n) is 9.11. The van der Waals surface area contributed by atoms with Gasteiger partial charge in [-0.2, -0.15) is 0 Å². The highest BCUT2D eigenvalue weighted by molar-refractivity contribution is 5.70. The molecule has 1 amide bonds. The zero-order valence-corrected chi connectivity index (χ0v) is 20.5. The van der Waals surface area contributed by atoms with Crippen LogP contribution in [0.1, 0.15) is 65.2 Å². The number of ether oxygens (including phenoxy) is 1. The Morgan fingerprint density at radius 1 is 1.00 bits per heavy atom. The number of benzene rings is 1. The Hall–Kier alpha value is -1.95. The molecule has 1 aromatic rings. The average molecular weight is 456 g/mol. The summed E-state index contributed by atoms with van der Waals surface area (Å²) in [6.07, 6.45) is 6.99. The minimum atomic E-state index is -0.992. The van der Waals surface area contributed by atoms with E-state index in [0.717, 1.165) is 44.9 Å². The molecular weight excluding hydrogens is 416 g/mol. The summed E-state index contributed by atoms with van der Waals surface area (Å²) in [5.41, 5.74) is 0.120. The summed E-state index contributed by atoms with van der Waals surface area (Å²) in [5, 5.41) is 12.2. The normalized spacial score (nSPS) is 42.5. The molecule has 1 aliphatic heterocycles. The van der Waals surface area contributed by atoms with Gasteiger partial charge in [-0.05, 0) is 73.8 Å². The maximum absolute atomic E-state index is 12.7. The Labute approximate surface area is 197 Å². The predicted molar refractivity (Wildman–Crippen MR) is 126 cm³/mol. The van der Waals surface area contributed by atoms with E-state index in [9.17, 15) is 14.9 Å². The van der Waals surface area contributed by atoms with E-state index >= 15 is 0 Å². The standard InChI is InChI=1S/C27H39N2O4/c1-26-16-14-21-19(10-13-23-27(21,2)17-15-24(30)29(23,3)4)20(26)11-12-22(26)25(28(31)32)33-18-8-6-5-7-9-18/h5-9,19-23,25H,10-17H2,1-4H3/q+1/t19-,20-,21-,22?,23+,25?,26-,27+/m0/s1. The topological polar surface area (TPSA) is 69.4 Å². The van der Waals surface area contributed by atoms with Crippen LogP contribution in [0.5, 0.6) is 5.75 Å². The number of carbonyl (C=O) groups is 1. The quantitative estimate of drug-likeness (QED) is 0.268. The lowest BCUT2D eigenvalue weighted by Crippen LogP contribution is -2.68. The van der Waals surface area contributed by atoms with E-state index in [-0.39, 0.29) is 21.7 Å². The highest BCUT2D eigenvalue weighted by atomic mass is 16.7. The fourth-order valence-corrected chi connectivity index (χ4v) is 9.11. The Morgan fingerprint density at radius 3 is 2.39 bits per heavy atom. The number of hydrogen-bond donors (Lipinski definition) is 0. The van der Waals surface area contributed by atoms with Crippen LogP contribution in [0.15, 0.2) is 30.3 Å². The lowest BCUT2D eigenvalue weighted by Gasteiger charge is -2.62. The molecule has 0 aromatic heterocycles. The Bertz CT molecular complexity index is 933. The fraction of sp³-hybridized carbons (Fsp3) is 0.741. The molecule has 3 aliphatic carbocycles. The summed E-state index contributed by atoms with van der Waals surface area (Å²) in [6, 6.07) is 9.66. The van der Waals surface area contributed by atoms with Crippen molar-refractivity contribution in [3.8, 4) is 5.75 Å². The van der Waals surface area contributed by atoms with Crippen molar-refractivity contribution < 1.29 is 18.9 Å². The van der Waals surface area contributed by atoms with E-state index in [1.807, 2.05) is 30.3 Å². The second-order valence-electron chi connectivity index (χ2n) is 12.2. The van der Waals surface area contributed by atoms with Gasteiger partial charge in [0.1, 0.15) is 11.8 Å². The molecule has 1 heterocycles. The molecule has 8 atom stereocenters. The minimum Gasteiger partial charge on any atom is -0.430 e. The molecule has 180 valence electrons. The molecule has 0 bridgehead atoms. The maximum Gasteiger partial charge on any atom is 0.357 e. The van der Waals surface area contributed by atoms with Crippen LogP contribution in [0.25, 0.3) is 0 Å². The van der Waals surface area contributed by atoms with Crippen LogP contribution in [0.2, 0.25) is 0 Å². The zero-order valence-electron chi connectivity index (χ0n) is 20.5. The first-order chi connectivity index (χ1) is 15.6. The van der Waals surface area contributed by atoms with Gasteiger partial charge in [-0.3, -0.25) is 14.6 Å². The average Bonchev–Trinajstić information content (AvgIpc) is 3.12. The SMILES string of the molecule is C[C@]12CCC(=O)[N+](C)(C)[C@@H]1CC[C@@H]1[C@@H]2CC[C@]2(C)C(C(Oc3ccccc3)[N+](=O)[O-])CC[C@@H]12. The number of likely N-dealkylation sites (tertiary alicyclic amines) is 1. The van der Waals surface area contributed by atoms with Crippen molar-refractivity contribution in [2.45, 2.75) is 77.5 Å². The summed E-state index contributed by atoms with van der Waals surface area (Å²) >= 11 is 0. The van der Waals surface area contributed by atoms with Crippen molar-refractivity contribution in [1.82, 2.24) is 0 Å². The van der Waals surface area contributed by atoms with Crippen LogP contribution in [0.3, 0.4) is 0 Å². The number of para-hydroxylation sites is 1. The number of quaternary nitrogens is 1. The number of nitrogens with zero attached hydrogens (tertiary/aromatic N) is 2. The molecule has 1 saturated heterocycles. The largest absolute Gasteiger partial charge is 0.430 e. The monoisotopic (exact) mass is 455 g/mol. The molecule has 1 aromatic carbocycles. The predicted octanol–water partition coefficient (Wildman–Crippen LogP) is 5.29. The Morgan fingerprint density at radius 2 is 1.70 bits per heavy atom. The van der Waals surface area contributed by atoms with Gasteiger partial charge in [0.15, 0.2) is 0 Å². The van der Waals surface area contributed by atoms with Crippen LogP contribution in [0, 0.1) is 44.6 Å². The van der Waals surface area contributed by atoms with Gasteiger partial charge < -0.3 is 4.74 Å². The van der Waals surface area contributed by atoms with Gasteiger partial charge in [-0.1, -0.05) is 32.0 Å². The smallest absolute Gasteiger partial charge is 0.357 e. The lowest BCUT2D eigenvalue weighted by molar-refractivity contribution is -0.857. The molecule has 0 spiro atoms. The molecular formula is C27H39N2O4+. The number of piperidine rings is 1. The molecule has 6 heteroatoms. The van der Waals surface area contributed by atoms with Crippen LogP contribution >= 0.6 is 0 Å². The molecule has 4 aliphatic rings. The van der Waals surface area contributed by atoms with Gasteiger partial charge in [-0.15, -0.1) is 0 Å². The molecule has 2 unspecified atom stereocenters. The van der Waals surface area contributed by atoms with Crippen LogP contribution in [-0.4, -0.2) is 41.7 Å². The van der Waals surface area contributed by atoms with Crippen molar-refractivity contribution in [3.63, 3.8) is 0 Å². The number of fused-ring (bicyclic) bond motifs is 5. The third kappa shape index (κ3) is 3.35. The molecule has 0 N–H and O–H groups in total. The number of carbonyl (C=O) groups excluding carboxylic acids is 1. The van der Waals surface area contributed by atoms with E-state index < -0.39 is 6.23 Å². The van der Waals surface area contributed by atoms with E-state index in [0.29, 0.717) is 46.4 Å². The van der Waals surface area contributed by atoms with E-state index in [2.05, 4.69) is 27.9 Å². The Balaban J connectivity index is 1.41. The third-order valence-electron chi connectivity index (χ3n) is 10.7. The molecule has 0 radical (unpaired) electrons. The second-order valence-corrected chi connectivity index (χ2v) is 12.2. The van der Waals surface area contributed by atoms with Crippen LogP contribution < -0.4 is 4.74 Å². The zero-order chi connectivity index (χ0) is 23.6. The molecule has 6 nitrogen and oxygen atoms in total. The molecule has 3 saturated carbocycles. The summed E-state index contributed by atoms with van der Waals surface area (Å²) in [4.78, 5) is 24.7. The van der Waals surface area contributed by atoms with Gasteiger partial charge in [0.05, 0.1) is 31.4 Å². The first-order valence-electron chi connectivity index (χ1n) is 12.8. The number of nitro groups is 1. The maximum atomic E-state index is 12.7.